The van der Waals surface area contributed by atoms with Crippen molar-refractivity contribution < 1.29 is 23.7 Å². The Kier molecular flexibility index (Phi) is 11.3. The molecule has 0 fully saturated rings. The number of anilines is 4. The molecule has 1 amide bonds. The van der Waals surface area contributed by atoms with Gasteiger partial charge in [-0.05, 0) is 36.1 Å². The third-order valence-corrected chi connectivity index (χ3v) is 6.70. The van der Waals surface area contributed by atoms with Crippen LogP contribution in [0, 0.1) is 0 Å². The number of nitrogens with two attached hydrogens (primary N) is 6. The fraction of sp³-hybridized carbons (Fsp3) is 0.267. The number of aromatic nitrogens is 4. The number of benzene rings is 2. The molecule has 0 saturated carbocycles. The van der Waals surface area contributed by atoms with Crippen molar-refractivity contribution in [2.45, 2.75) is 39.5 Å². The highest BCUT2D eigenvalue weighted by molar-refractivity contribution is 7.80. The number of rotatable bonds is 10. The monoisotopic (exact) mass is 650 g/mol. The van der Waals surface area contributed by atoms with Gasteiger partial charge in [0.05, 0.1) is 37.7 Å². The standard InChI is InChI=1S/C15H19N5O3.C15H19N5O2S/c1-7(2)8-4-10(22-3)9(14(17)21)5-11(8)23-12-6-19-15(18)20-13(12)16;1-7(2)8-4-10(21-3)9(14(17)23)5-11(8)22-12-6-19-15(18)20-13(12)16/h4-7H,1-3H3,(H2,17,21)(H4,16,18,19,20);4-7H,1-3H3,(H2,17,23)(H4,16,18,19,20). The molecule has 16 heteroatoms. The zero-order valence-corrected chi connectivity index (χ0v) is 27.1. The minimum atomic E-state index is -0.622. The third-order valence-electron chi connectivity index (χ3n) is 6.48. The molecule has 0 aliphatic heterocycles. The fourth-order valence-electron chi connectivity index (χ4n) is 4.14. The lowest BCUT2D eigenvalue weighted by Crippen LogP contribution is -2.13. The van der Waals surface area contributed by atoms with Gasteiger partial charge in [-0.15, -0.1) is 0 Å². The van der Waals surface area contributed by atoms with E-state index in [1.165, 1.54) is 25.6 Å². The molecule has 2 heterocycles. The van der Waals surface area contributed by atoms with E-state index in [2.05, 4.69) is 19.9 Å². The molecule has 0 aliphatic carbocycles. The highest BCUT2D eigenvalue weighted by Gasteiger charge is 2.20. The molecule has 2 aromatic heterocycles. The van der Waals surface area contributed by atoms with Crippen LogP contribution in [0.3, 0.4) is 0 Å². The van der Waals surface area contributed by atoms with Crippen molar-refractivity contribution in [3.63, 3.8) is 0 Å². The quantitative estimate of drug-likeness (QED) is 0.133. The van der Waals surface area contributed by atoms with Crippen LogP contribution < -0.4 is 53.3 Å². The van der Waals surface area contributed by atoms with Crippen LogP contribution in [0.1, 0.15) is 66.6 Å². The Bertz CT molecular complexity index is 1620. The summed E-state index contributed by atoms with van der Waals surface area (Å²) in [6.45, 7) is 8.03. The van der Waals surface area contributed by atoms with Gasteiger partial charge in [0, 0.05) is 11.1 Å². The van der Waals surface area contributed by atoms with Gasteiger partial charge in [0.1, 0.15) is 28.0 Å². The molecule has 244 valence electrons. The smallest absolute Gasteiger partial charge is 0.252 e. The SMILES string of the molecule is COc1cc(C(C)C)c(Oc2cnc(N)nc2N)cc1C(N)=O.COc1cc(C(C)C)c(Oc2cnc(N)nc2N)cc1C(N)=S. The molecule has 0 radical (unpaired) electrons. The lowest BCUT2D eigenvalue weighted by atomic mass is 9.99. The Balaban J connectivity index is 0.000000250. The second-order valence-electron chi connectivity index (χ2n) is 10.4. The first-order valence-corrected chi connectivity index (χ1v) is 14.2. The molecule has 12 N–H and O–H groups in total. The molecule has 0 unspecified atom stereocenters. The zero-order chi connectivity index (χ0) is 34.3. The predicted molar refractivity (Wildman–Crippen MR) is 180 cm³/mol. The molecule has 4 aromatic rings. The summed E-state index contributed by atoms with van der Waals surface area (Å²) in [5, 5.41) is 0. The van der Waals surface area contributed by atoms with Crippen LogP contribution in [0.15, 0.2) is 36.7 Å². The largest absolute Gasteiger partial charge is 0.496 e. The van der Waals surface area contributed by atoms with Crippen LogP contribution in [-0.4, -0.2) is 45.1 Å². The maximum absolute atomic E-state index is 11.6. The molecule has 15 nitrogen and oxygen atoms in total. The molecule has 0 atom stereocenters. The molecule has 0 saturated heterocycles. The van der Waals surface area contributed by atoms with Gasteiger partial charge in [-0.1, -0.05) is 39.9 Å². The molecule has 2 aromatic carbocycles. The average Bonchev–Trinajstić information content (AvgIpc) is 2.99. The highest BCUT2D eigenvalue weighted by atomic mass is 32.1. The van der Waals surface area contributed by atoms with Crippen molar-refractivity contribution in [2.75, 3.05) is 37.2 Å². The summed E-state index contributed by atoms with van der Waals surface area (Å²) in [5.41, 5.74) is 36.2. The summed E-state index contributed by atoms with van der Waals surface area (Å²) in [7, 11) is 3.03. The van der Waals surface area contributed by atoms with E-state index in [1.54, 1.807) is 19.2 Å². The summed E-state index contributed by atoms with van der Waals surface area (Å²) in [5.74, 6) is 2.55. The van der Waals surface area contributed by atoms with Crippen LogP contribution in [0.4, 0.5) is 23.5 Å². The van der Waals surface area contributed by atoms with Crippen molar-refractivity contribution in [1.29, 1.82) is 0 Å². The fourth-order valence-corrected chi connectivity index (χ4v) is 4.30. The van der Waals surface area contributed by atoms with E-state index in [9.17, 15) is 4.79 Å². The van der Waals surface area contributed by atoms with Crippen LogP contribution in [-0.2, 0) is 0 Å². The molecular weight excluding hydrogens is 612 g/mol. The Morgan fingerprint density at radius 1 is 0.652 bits per heavy atom. The van der Waals surface area contributed by atoms with E-state index in [-0.39, 0.29) is 51.7 Å². The van der Waals surface area contributed by atoms with E-state index < -0.39 is 5.91 Å². The number of methoxy groups -OCH3 is 2. The summed E-state index contributed by atoms with van der Waals surface area (Å²) < 4.78 is 22.2. The van der Waals surface area contributed by atoms with E-state index in [1.807, 2.05) is 33.8 Å². The van der Waals surface area contributed by atoms with Gasteiger partial charge in [0.2, 0.25) is 11.9 Å². The van der Waals surface area contributed by atoms with Gasteiger partial charge in [-0.25, -0.2) is 9.97 Å². The van der Waals surface area contributed by atoms with Crippen LogP contribution >= 0.6 is 12.2 Å². The van der Waals surface area contributed by atoms with Crippen molar-refractivity contribution in [3.05, 3.63) is 58.9 Å². The number of amides is 1. The zero-order valence-electron chi connectivity index (χ0n) is 26.3. The minimum Gasteiger partial charge on any atom is -0.496 e. The summed E-state index contributed by atoms with van der Waals surface area (Å²) >= 11 is 5.07. The molecule has 0 spiro atoms. The summed E-state index contributed by atoms with van der Waals surface area (Å²) in [4.78, 5) is 27.3. The maximum atomic E-state index is 11.6. The maximum Gasteiger partial charge on any atom is 0.252 e. The van der Waals surface area contributed by atoms with E-state index in [0.29, 0.717) is 34.3 Å². The number of carbonyl (C=O) groups excluding carboxylic acids is 1. The Morgan fingerprint density at radius 2 is 1.04 bits per heavy atom. The number of primary amides is 1. The highest BCUT2D eigenvalue weighted by Crippen LogP contribution is 2.38. The first-order chi connectivity index (χ1) is 21.7. The number of carbonyl (C=O) groups is 1. The van der Waals surface area contributed by atoms with Gasteiger partial charge in [0.15, 0.2) is 23.1 Å². The van der Waals surface area contributed by atoms with Gasteiger partial charge >= 0.3 is 0 Å². The van der Waals surface area contributed by atoms with E-state index in [4.69, 9.17) is 65.6 Å². The summed E-state index contributed by atoms with van der Waals surface area (Å²) in [6, 6.07) is 6.82. The van der Waals surface area contributed by atoms with Crippen molar-refractivity contribution in [2.24, 2.45) is 11.5 Å². The average molecular weight is 651 g/mol. The Morgan fingerprint density at radius 3 is 1.37 bits per heavy atom. The van der Waals surface area contributed by atoms with Crippen molar-refractivity contribution in [1.82, 2.24) is 19.9 Å². The number of hydrogen-bond donors (Lipinski definition) is 6. The summed E-state index contributed by atoms with van der Waals surface area (Å²) in [6.07, 6.45) is 2.79. The number of nitrogen functional groups attached to an aromatic ring is 4. The predicted octanol–water partition coefficient (Wildman–Crippen LogP) is 3.86. The molecule has 4 rings (SSSR count). The van der Waals surface area contributed by atoms with Gasteiger partial charge in [-0.3, -0.25) is 4.79 Å². The minimum absolute atomic E-state index is 0.0477. The van der Waals surface area contributed by atoms with Crippen molar-refractivity contribution >= 4 is 46.6 Å². The number of ether oxygens (including phenoxy) is 4. The van der Waals surface area contributed by atoms with E-state index in [0.717, 1.165) is 11.1 Å². The van der Waals surface area contributed by atoms with Crippen LogP contribution in [0.25, 0.3) is 0 Å². The third kappa shape index (κ3) is 8.29. The van der Waals surface area contributed by atoms with Gasteiger partial charge < -0.3 is 53.3 Å². The first kappa shape index (κ1) is 34.8. The topological polar surface area (TPSA) is 262 Å². The molecule has 0 bridgehead atoms. The molecule has 46 heavy (non-hydrogen) atoms. The van der Waals surface area contributed by atoms with E-state index >= 15 is 0 Å². The first-order valence-electron chi connectivity index (χ1n) is 13.8. The Labute approximate surface area is 271 Å². The lowest BCUT2D eigenvalue weighted by molar-refractivity contribution is 0.0997. The normalized spacial score (nSPS) is 10.6. The Hall–Kier alpha value is -5.64. The molecule has 0 aliphatic rings. The lowest BCUT2D eigenvalue weighted by Gasteiger charge is -2.18. The number of thiocarbonyl (C=S) groups is 1. The number of nitrogens with zero attached hydrogens (tertiary/aromatic N) is 4. The second kappa shape index (κ2) is 14.9. The van der Waals surface area contributed by atoms with Crippen LogP contribution in [0.5, 0.6) is 34.5 Å². The van der Waals surface area contributed by atoms with Crippen molar-refractivity contribution in [3.8, 4) is 34.5 Å². The van der Waals surface area contributed by atoms with Crippen LogP contribution in [0.2, 0.25) is 0 Å². The number of hydrogen-bond acceptors (Lipinski definition) is 14. The van der Waals surface area contributed by atoms with Gasteiger partial charge in [-0.2, -0.15) is 9.97 Å². The molecular formula is C30H38N10O5S. The second-order valence-corrected chi connectivity index (χ2v) is 10.8. The van der Waals surface area contributed by atoms with Gasteiger partial charge in [0.25, 0.3) is 5.91 Å².